The molecule has 102 valence electrons. The normalized spacial score (nSPS) is 11.4. The zero-order chi connectivity index (χ0) is 13.6. The van der Waals surface area contributed by atoms with Crippen LogP contribution in [0.15, 0.2) is 6.20 Å². The zero-order valence-corrected chi connectivity index (χ0v) is 12.4. The Kier molecular flexibility index (Phi) is 5.66. The van der Waals surface area contributed by atoms with Gasteiger partial charge in [-0.1, -0.05) is 32.4 Å². The van der Waals surface area contributed by atoms with Gasteiger partial charge in [-0.15, -0.1) is 0 Å². The van der Waals surface area contributed by atoms with Crippen LogP contribution in [0.5, 0.6) is 0 Å². The average molecular weight is 271 g/mol. The van der Waals surface area contributed by atoms with E-state index in [1.807, 2.05) is 6.92 Å². The first kappa shape index (κ1) is 15.0. The maximum absolute atomic E-state index is 6.16. The number of rotatable bonds is 7. The average Bonchev–Trinajstić information content (AvgIpc) is 2.40. The van der Waals surface area contributed by atoms with E-state index in [1.54, 1.807) is 6.20 Å². The molecule has 0 unspecified atom stereocenters. The lowest BCUT2D eigenvalue weighted by molar-refractivity contribution is 0.419. The number of hydrogen-bond donors (Lipinski definition) is 2. The van der Waals surface area contributed by atoms with Gasteiger partial charge in [0.1, 0.15) is 5.02 Å². The monoisotopic (exact) mass is 270 g/mol. The van der Waals surface area contributed by atoms with E-state index in [-0.39, 0.29) is 5.54 Å². The summed E-state index contributed by atoms with van der Waals surface area (Å²) in [4.78, 5) is 8.57. The van der Waals surface area contributed by atoms with Gasteiger partial charge in [0.2, 0.25) is 5.95 Å². The lowest BCUT2D eigenvalue weighted by atomic mass is 9.90. The van der Waals surface area contributed by atoms with Gasteiger partial charge in [-0.2, -0.15) is 4.98 Å². The van der Waals surface area contributed by atoms with Crippen molar-refractivity contribution in [3.05, 3.63) is 11.2 Å². The molecule has 0 saturated carbocycles. The van der Waals surface area contributed by atoms with Crippen LogP contribution in [0.1, 0.15) is 47.0 Å². The third-order valence-corrected chi connectivity index (χ3v) is 3.77. The van der Waals surface area contributed by atoms with Crippen molar-refractivity contribution < 1.29 is 0 Å². The third kappa shape index (κ3) is 3.48. The van der Waals surface area contributed by atoms with Gasteiger partial charge in [0.15, 0.2) is 5.82 Å². The summed E-state index contributed by atoms with van der Waals surface area (Å²) in [7, 11) is 0. The number of hydrogen-bond acceptors (Lipinski definition) is 4. The predicted molar refractivity (Wildman–Crippen MR) is 78.4 cm³/mol. The Hall–Kier alpha value is -1.03. The number of aromatic nitrogens is 2. The largest absolute Gasteiger partial charge is 0.363 e. The summed E-state index contributed by atoms with van der Waals surface area (Å²) in [6, 6.07) is 0. The smallest absolute Gasteiger partial charge is 0.224 e. The SMILES string of the molecule is CCNc1ncc(Cl)c(NC(CC)(CC)CC)n1. The second-order valence-electron chi connectivity index (χ2n) is 4.39. The number of anilines is 2. The highest BCUT2D eigenvalue weighted by molar-refractivity contribution is 6.32. The van der Waals surface area contributed by atoms with Crippen molar-refractivity contribution in [2.24, 2.45) is 0 Å². The fourth-order valence-corrected chi connectivity index (χ4v) is 2.10. The molecule has 1 heterocycles. The quantitative estimate of drug-likeness (QED) is 0.788. The van der Waals surface area contributed by atoms with Crippen LogP contribution in [0, 0.1) is 0 Å². The van der Waals surface area contributed by atoms with Crippen molar-refractivity contribution in [1.82, 2.24) is 9.97 Å². The fourth-order valence-electron chi connectivity index (χ4n) is 1.96. The summed E-state index contributed by atoms with van der Waals surface area (Å²) < 4.78 is 0. The molecule has 4 nitrogen and oxygen atoms in total. The molecule has 2 N–H and O–H groups in total. The summed E-state index contributed by atoms with van der Waals surface area (Å²) in [6.07, 6.45) is 4.76. The van der Waals surface area contributed by atoms with E-state index in [0.717, 1.165) is 25.8 Å². The topological polar surface area (TPSA) is 49.8 Å². The Bertz CT molecular complexity index is 369. The molecular weight excluding hydrogens is 248 g/mol. The van der Waals surface area contributed by atoms with Crippen LogP contribution < -0.4 is 10.6 Å². The molecule has 0 aromatic carbocycles. The van der Waals surface area contributed by atoms with Crippen LogP contribution in [-0.2, 0) is 0 Å². The highest BCUT2D eigenvalue weighted by Crippen LogP contribution is 2.28. The first-order chi connectivity index (χ1) is 8.60. The molecule has 0 radical (unpaired) electrons. The summed E-state index contributed by atoms with van der Waals surface area (Å²) in [5, 5.41) is 7.15. The predicted octanol–water partition coefficient (Wildman–Crippen LogP) is 3.94. The van der Waals surface area contributed by atoms with Gasteiger partial charge < -0.3 is 10.6 Å². The van der Waals surface area contributed by atoms with Crippen molar-refractivity contribution in [3.8, 4) is 0 Å². The van der Waals surface area contributed by atoms with Crippen molar-refractivity contribution in [2.45, 2.75) is 52.5 Å². The van der Waals surface area contributed by atoms with E-state index < -0.39 is 0 Å². The van der Waals surface area contributed by atoms with Crippen molar-refractivity contribution in [1.29, 1.82) is 0 Å². The molecule has 0 bridgehead atoms. The van der Waals surface area contributed by atoms with Crippen molar-refractivity contribution in [2.75, 3.05) is 17.2 Å². The van der Waals surface area contributed by atoms with E-state index in [0.29, 0.717) is 16.8 Å². The summed E-state index contributed by atoms with van der Waals surface area (Å²) in [5.74, 6) is 1.33. The second kappa shape index (κ2) is 6.78. The van der Waals surface area contributed by atoms with Crippen LogP contribution in [0.4, 0.5) is 11.8 Å². The van der Waals surface area contributed by atoms with Gasteiger partial charge in [0.25, 0.3) is 0 Å². The first-order valence-electron chi connectivity index (χ1n) is 6.65. The maximum atomic E-state index is 6.16. The molecule has 18 heavy (non-hydrogen) atoms. The lowest BCUT2D eigenvalue weighted by Gasteiger charge is -2.32. The number of halogens is 1. The number of nitrogens with one attached hydrogen (secondary N) is 2. The van der Waals surface area contributed by atoms with Crippen LogP contribution in [0.2, 0.25) is 5.02 Å². The van der Waals surface area contributed by atoms with Crippen LogP contribution in [0.25, 0.3) is 0 Å². The van der Waals surface area contributed by atoms with Gasteiger partial charge in [0, 0.05) is 12.1 Å². The Morgan fingerprint density at radius 1 is 1.17 bits per heavy atom. The molecule has 0 spiro atoms. The van der Waals surface area contributed by atoms with Crippen LogP contribution >= 0.6 is 11.6 Å². The lowest BCUT2D eigenvalue weighted by Crippen LogP contribution is -2.36. The minimum Gasteiger partial charge on any atom is -0.363 e. The van der Waals surface area contributed by atoms with E-state index in [4.69, 9.17) is 11.6 Å². The van der Waals surface area contributed by atoms with E-state index in [1.165, 1.54) is 0 Å². The standard InChI is InChI=1S/C13H23ClN4/c1-5-13(6-2,7-3)18-11-10(14)9-16-12(17-11)15-8-4/h9H,5-8H2,1-4H3,(H2,15,16,17,18). The molecule has 5 heteroatoms. The van der Waals surface area contributed by atoms with E-state index in [2.05, 4.69) is 41.4 Å². The minimum atomic E-state index is 0.0570. The highest BCUT2D eigenvalue weighted by Gasteiger charge is 2.25. The van der Waals surface area contributed by atoms with Gasteiger partial charge in [-0.25, -0.2) is 4.98 Å². The van der Waals surface area contributed by atoms with Gasteiger partial charge in [-0.05, 0) is 26.2 Å². The van der Waals surface area contributed by atoms with Crippen molar-refractivity contribution in [3.63, 3.8) is 0 Å². The number of nitrogens with zero attached hydrogens (tertiary/aromatic N) is 2. The molecule has 1 aromatic heterocycles. The highest BCUT2D eigenvalue weighted by atomic mass is 35.5. The zero-order valence-electron chi connectivity index (χ0n) is 11.7. The Morgan fingerprint density at radius 2 is 1.78 bits per heavy atom. The van der Waals surface area contributed by atoms with E-state index in [9.17, 15) is 0 Å². The molecule has 0 amide bonds. The molecule has 0 fully saturated rings. The molecule has 1 rings (SSSR count). The Morgan fingerprint density at radius 3 is 2.28 bits per heavy atom. The summed E-state index contributed by atoms with van der Waals surface area (Å²) in [6.45, 7) is 9.35. The Balaban J connectivity index is 2.97. The van der Waals surface area contributed by atoms with E-state index >= 15 is 0 Å². The van der Waals surface area contributed by atoms with Gasteiger partial charge in [-0.3, -0.25) is 0 Å². The molecule has 1 aromatic rings. The molecule has 0 aliphatic carbocycles. The third-order valence-electron chi connectivity index (χ3n) is 3.49. The summed E-state index contributed by atoms with van der Waals surface area (Å²) in [5.41, 5.74) is 0.0570. The molecule has 0 saturated heterocycles. The van der Waals surface area contributed by atoms with Gasteiger partial charge in [0.05, 0.1) is 6.20 Å². The van der Waals surface area contributed by atoms with Crippen LogP contribution in [-0.4, -0.2) is 22.1 Å². The van der Waals surface area contributed by atoms with Crippen molar-refractivity contribution >= 4 is 23.4 Å². The second-order valence-corrected chi connectivity index (χ2v) is 4.79. The molecule has 0 atom stereocenters. The first-order valence-corrected chi connectivity index (χ1v) is 7.03. The minimum absolute atomic E-state index is 0.0570. The Labute approximate surface area is 115 Å². The fraction of sp³-hybridized carbons (Fsp3) is 0.692. The van der Waals surface area contributed by atoms with Gasteiger partial charge >= 0.3 is 0 Å². The molecular formula is C13H23ClN4. The molecule has 0 aliphatic rings. The summed E-state index contributed by atoms with van der Waals surface area (Å²) >= 11 is 6.16. The van der Waals surface area contributed by atoms with Crippen LogP contribution in [0.3, 0.4) is 0 Å². The molecule has 0 aliphatic heterocycles. The maximum Gasteiger partial charge on any atom is 0.224 e.